The lowest BCUT2D eigenvalue weighted by Crippen LogP contribution is -2.37. The number of benzene rings is 3. The number of aromatic amines is 1. The SMILES string of the molecule is CCOC(=O)c1[nH]c2c(-c3c([C@H](O)CCN4CCOCC4)nn(C)c3CC)c(Cl)ccc2c1CCCOc1cccc2cc(F)ccc12. The quantitative estimate of drug-likeness (QED) is 0.102. The highest BCUT2D eigenvalue weighted by Gasteiger charge is 2.29. The number of H-pyrrole nitrogens is 1. The van der Waals surface area contributed by atoms with Crippen LogP contribution in [0, 0.1) is 5.82 Å². The maximum atomic E-state index is 13.8. The van der Waals surface area contributed by atoms with Crippen molar-refractivity contribution in [2.24, 2.45) is 7.05 Å². The molecule has 1 aliphatic heterocycles. The van der Waals surface area contributed by atoms with Gasteiger partial charge in [-0.25, -0.2) is 9.18 Å². The molecule has 0 bridgehead atoms. The lowest BCUT2D eigenvalue weighted by molar-refractivity contribution is 0.0297. The molecule has 254 valence electrons. The number of carbonyl (C=O) groups excluding carboxylic acids is 1. The fourth-order valence-electron chi connectivity index (χ4n) is 6.72. The van der Waals surface area contributed by atoms with Crippen molar-refractivity contribution in [3.05, 3.63) is 82.0 Å². The van der Waals surface area contributed by atoms with E-state index in [9.17, 15) is 14.3 Å². The van der Waals surface area contributed by atoms with Crippen LogP contribution in [0.1, 0.15) is 60.2 Å². The van der Waals surface area contributed by atoms with Crippen molar-refractivity contribution in [1.29, 1.82) is 0 Å². The fourth-order valence-corrected chi connectivity index (χ4v) is 6.97. The number of hydrogen-bond donors (Lipinski definition) is 2. The lowest BCUT2D eigenvalue weighted by Gasteiger charge is -2.27. The first-order valence-corrected chi connectivity index (χ1v) is 17.0. The van der Waals surface area contributed by atoms with Crippen LogP contribution in [0.25, 0.3) is 32.8 Å². The van der Waals surface area contributed by atoms with Crippen LogP contribution >= 0.6 is 11.6 Å². The van der Waals surface area contributed by atoms with Crippen LogP contribution in [0.2, 0.25) is 5.02 Å². The predicted octanol–water partition coefficient (Wildman–Crippen LogP) is 7.02. The van der Waals surface area contributed by atoms with Gasteiger partial charge >= 0.3 is 5.97 Å². The third-order valence-electron chi connectivity index (χ3n) is 9.06. The molecule has 1 aliphatic rings. The Balaban J connectivity index is 1.33. The van der Waals surface area contributed by atoms with Crippen molar-refractivity contribution in [1.82, 2.24) is 19.7 Å². The smallest absolute Gasteiger partial charge is 0.355 e. The number of aryl methyl sites for hydroxylation is 2. The highest BCUT2D eigenvalue weighted by molar-refractivity contribution is 6.35. The second-order valence-electron chi connectivity index (χ2n) is 12.1. The van der Waals surface area contributed by atoms with Gasteiger partial charge < -0.3 is 24.3 Å². The molecule has 6 rings (SSSR count). The van der Waals surface area contributed by atoms with E-state index in [1.165, 1.54) is 12.1 Å². The van der Waals surface area contributed by atoms with E-state index in [1.807, 2.05) is 42.1 Å². The molecular weight excluding hydrogens is 635 g/mol. The first kappa shape index (κ1) is 33.9. The van der Waals surface area contributed by atoms with Crippen LogP contribution in [0.4, 0.5) is 4.39 Å². The molecule has 0 saturated carbocycles. The van der Waals surface area contributed by atoms with Crippen LogP contribution in [0.3, 0.4) is 0 Å². The minimum absolute atomic E-state index is 0.230. The van der Waals surface area contributed by atoms with E-state index in [-0.39, 0.29) is 12.4 Å². The summed E-state index contributed by atoms with van der Waals surface area (Å²) in [5, 5.41) is 19.3. The summed E-state index contributed by atoms with van der Waals surface area (Å²) >= 11 is 6.99. The second kappa shape index (κ2) is 15.1. The number of esters is 1. The number of hydrogen-bond acceptors (Lipinski definition) is 7. The van der Waals surface area contributed by atoms with Gasteiger partial charge in [0.2, 0.25) is 0 Å². The number of nitrogens with one attached hydrogen (secondary N) is 1. The van der Waals surface area contributed by atoms with Crippen molar-refractivity contribution in [2.45, 2.75) is 45.6 Å². The Bertz CT molecular complexity index is 1920. The minimum atomic E-state index is -0.817. The Morgan fingerprint density at radius 1 is 1.12 bits per heavy atom. The van der Waals surface area contributed by atoms with Gasteiger partial charge in [-0.05, 0) is 73.9 Å². The third kappa shape index (κ3) is 6.94. The Labute approximate surface area is 284 Å². The zero-order chi connectivity index (χ0) is 33.8. The molecule has 48 heavy (non-hydrogen) atoms. The highest BCUT2D eigenvalue weighted by atomic mass is 35.5. The summed E-state index contributed by atoms with van der Waals surface area (Å²) in [4.78, 5) is 19.0. The van der Waals surface area contributed by atoms with Gasteiger partial charge in [0.25, 0.3) is 0 Å². The molecule has 0 spiro atoms. The van der Waals surface area contributed by atoms with Crippen molar-refractivity contribution >= 4 is 39.2 Å². The monoisotopic (exact) mass is 676 g/mol. The summed E-state index contributed by atoms with van der Waals surface area (Å²) in [5.41, 5.74) is 4.85. The number of aliphatic hydroxyl groups excluding tert-OH is 1. The zero-order valence-electron chi connectivity index (χ0n) is 27.7. The van der Waals surface area contributed by atoms with E-state index in [1.54, 1.807) is 13.0 Å². The summed E-state index contributed by atoms with van der Waals surface area (Å²) in [6, 6.07) is 14.0. The fraction of sp³-hybridized carbons (Fsp3) is 0.405. The van der Waals surface area contributed by atoms with Gasteiger partial charge in [-0.15, -0.1) is 0 Å². The van der Waals surface area contributed by atoms with Gasteiger partial charge in [0.1, 0.15) is 17.3 Å². The molecule has 0 radical (unpaired) electrons. The molecule has 3 heterocycles. The van der Waals surface area contributed by atoms with E-state index < -0.39 is 12.1 Å². The van der Waals surface area contributed by atoms with E-state index in [0.29, 0.717) is 78.7 Å². The van der Waals surface area contributed by atoms with Gasteiger partial charge in [0, 0.05) is 54.3 Å². The van der Waals surface area contributed by atoms with Crippen molar-refractivity contribution in [3.63, 3.8) is 0 Å². The van der Waals surface area contributed by atoms with Crippen LogP contribution in [0.5, 0.6) is 5.75 Å². The molecule has 0 amide bonds. The molecule has 1 fully saturated rings. The van der Waals surface area contributed by atoms with Gasteiger partial charge in [0.15, 0.2) is 0 Å². The Kier molecular flexibility index (Phi) is 10.7. The third-order valence-corrected chi connectivity index (χ3v) is 9.37. The molecule has 2 N–H and O–H groups in total. The number of rotatable bonds is 13. The summed E-state index contributed by atoms with van der Waals surface area (Å²) in [5.74, 6) is -0.0677. The molecule has 5 aromatic rings. The number of fused-ring (bicyclic) bond motifs is 2. The van der Waals surface area contributed by atoms with Crippen molar-refractivity contribution in [3.8, 4) is 16.9 Å². The lowest BCUT2D eigenvalue weighted by atomic mass is 9.95. The maximum absolute atomic E-state index is 13.8. The van der Waals surface area contributed by atoms with Crippen molar-refractivity contribution in [2.75, 3.05) is 46.1 Å². The van der Waals surface area contributed by atoms with E-state index >= 15 is 0 Å². The van der Waals surface area contributed by atoms with E-state index in [2.05, 4.69) is 16.8 Å². The largest absolute Gasteiger partial charge is 0.493 e. The molecule has 9 nitrogen and oxygen atoms in total. The molecule has 11 heteroatoms. The molecule has 1 atom stereocenters. The van der Waals surface area contributed by atoms with Crippen LogP contribution in [-0.4, -0.2) is 76.8 Å². The van der Waals surface area contributed by atoms with Gasteiger partial charge in [-0.3, -0.25) is 9.58 Å². The number of ether oxygens (including phenoxy) is 3. The van der Waals surface area contributed by atoms with E-state index in [4.69, 9.17) is 30.9 Å². The number of halogens is 2. The second-order valence-corrected chi connectivity index (χ2v) is 12.5. The topological polar surface area (TPSA) is 102 Å². The Hall–Kier alpha value is -3.96. The number of morpholine rings is 1. The van der Waals surface area contributed by atoms with Crippen LogP contribution in [0.15, 0.2) is 48.5 Å². The number of carbonyl (C=O) groups is 1. The first-order chi connectivity index (χ1) is 23.3. The van der Waals surface area contributed by atoms with Crippen LogP contribution in [-0.2, 0) is 29.4 Å². The van der Waals surface area contributed by atoms with Gasteiger partial charge in [0.05, 0.1) is 48.8 Å². The standard InChI is InChI=1S/C37H42ClFN4O5/c1-4-29-33(36(41-42(29)3)30(44)15-16-43-17-20-46-21-18-43)32-28(38)14-13-27-26(35(40-34(27)32)37(45)47-5-2)9-7-19-48-31-10-6-8-23-22-24(39)11-12-25(23)31/h6,8,10-14,22,30,40,44H,4-5,7,9,15-21H2,1-3H3/t30-/m1/s1. The molecule has 0 unspecified atom stereocenters. The normalized spacial score (nSPS) is 14.5. The average Bonchev–Trinajstić information content (AvgIpc) is 3.62. The number of aromatic nitrogens is 3. The summed E-state index contributed by atoms with van der Waals surface area (Å²) in [7, 11) is 1.88. The average molecular weight is 677 g/mol. The Morgan fingerprint density at radius 3 is 2.69 bits per heavy atom. The summed E-state index contributed by atoms with van der Waals surface area (Å²) < 4.78 is 32.7. The molecule has 3 aromatic carbocycles. The molecule has 1 saturated heterocycles. The van der Waals surface area contributed by atoms with E-state index in [0.717, 1.165) is 52.6 Å². The molecule has 0 aliphatic carbocycles. The minimum Gasteiger partial charge on any atom is -0.493 e. The van der Waals surface area contributed by atoms with Gasteiger partial charge in [-0.1, -0.05) is 36.7 Å². The number of aliphatic hydroxyl groups is 1. The summed E-state index contributed by atoms with van der Waals surface area (Å²) in [6.45, 7) is 8.21. The van der Waals surface area contributed by atoms with Crippen LogP contribution < -0.4 is 4.74 Å². The zero-order valence-corrected chi connectivity index (χ0v) is 28.4. The summed E-state index contributed by atoms with van der Waals surface area (Å²) in [6.07, 6.45) is 1.49. The maximum Gasteiger partial charge on any atom is 0.355 e. The predicted molar refractivity (Wildman–Crippen MR) is 185 cm³/mol. The molecule has 2 aromatic heterocycles. The number of nitrogens with zero attached hydrogens (tertiary/aromatic N) is 3. The van der Waals surface area contributed by atoms with Crippen molar-refractivity contribution < 1.29 is 28.5 Å². The highest BCUT2D eigenvalue weighted by Crippen LogP contribution is 2.43. The Morgan fingerprint density at radius 2 is 1.92 bits per heavy atom. The molecular formula is C37H42ClFN4O5. The van der Waals surface area contributed by atoms with Gasteiger partial charge in [-0.2, -0.15) is 5.10 Å². The first-order valence-electron chi connectivity index (χ1n) is 16.7.